The molecule has 0 unspecified atom stereocenters. The van der Waals surface area contributed by atoms with E-state index in [1.54, 1.807) is 0 Å². The van der Waals surface area contributed by atoms with Gasteiger partial charge in [0.25, 0.3) is 5.91 Å². The number of carbonyl (C=O) groups is 1. The van der Waals surface area contributed by atoms with Gasteiger partial charge in [0.1, 0.15) is 5.75 Å². The van der Waals surface area contributed by atoms with E-state index in [2.05, 4.69) is 17.1 Å². The third-order valence-corrected chi connectivity index (χ3v) is 4.45. The summed E-state index contributed by atoms with van der Waals surface area (Å²) in [5.74, 6) is 1.15. The minimum atomic E-state index is -0.477. The van der Waals surface area contributed by atoms with Crippen LogP contribution >= 0.6 is 0 Å². The van der Waals surface area contributed by atoms with Crippen LogP contribution in [0, 0.1) is 0 Å². The minimum Gasteiger partial charge on any atom is -0.484 e. The normalized spacial score (nSPS) is 15.6. The zero-order valence-electron chi connectivity index (χ0n) is 16.4. The lowest BCUT2D eigenvalue weighted by molar-refractivity contribution is -0.119. The van der Waals surface area contributed by atoms with Gasteiger partial charge in [-0.25, -0.2) is 0 Å². The molecule has 150 valence electrons. The molecule has 7 nitrogen and oxygen atoms in total. The number of nitrogens with two attached hydrogens (primary N) is 1. The molecule has 0 saturated carbocycles. The fourth-order valence-corrected chi connectivity index (χ4v) is 3.09. The molecule has 7 heteroatoms. The van der Waals surface area contributed by atoms with E-state index >= 15 is 0 Å². The SMILES string of the molecule is CCNC(=NCCc1ccc(OCC(N)=O)cc1)N1CCC(OCC)CC1. The maximum absolute atomic E-state index is 10.7. The second-order valence-corrected chi connectivity index (χ2v) is 6.53. The average Bonchev–Trinajstić information content (AvgIpc) is 2.67. The van der Waals surface area contributed by atoms with Crippen molar-refractivity contribution in [2.24, 2.45) is 10.7 Å². The fraction of sp³-hybridized carbons (Fsp3) is 0.600. The number of hydrogen-bond donors (Lipinski definition) is 2. The van der Waals surface area contributed by atoms with Crippen LogP contribution in [0.5, 0.6) is 5.75 Å². The number of piperidine rings is 1. The Morgan fingerprint density at radius 2 is 1.96 bits per heavy atom. The van der Waals surface area contributed by atoms with Gasteiger partial charge in [-0.05, 0) is 50.8 Å². The van der Waals surface area contributed by atoms with Crippen LogP contribution in [0.25, 0.3) is 0 Å². The second-order valence-electron chi connectivity index (χ2n) is 6.53. The summed E-state index contributed by atoms with van der Waals surface area (Å²) in [6.45, 7) is 8.35. The topological polar surface area (TPSA) is 89.2 Å². The van der Waals surface area contributed by atoms with Gasteiger partial charge in [-0.3, -0.25) is 9.79 Å². The Morgan fingerprint density at radius 1 is 1.26 bits per heavy atom. The summed E-state index contributed by atoms with van der Waals surface area (Å²) in [4.78, 5) is 17.8. The molecule has 0 bridgehead atoms. The molecule has 1 fully saturated rings. The highest BCUT2D eigenvalue weighted by atomic mass is 16.5. The van der Waals surface area contributed by atoms with Crippen LogP contribution in [0.3, 0.4) is 0 Å². The molecule has 1 aromatic carbocycles. The Labute approximate surface area is 161 Å². The molecule has 1 amide bonds. The number of hydrogen-bond acceptors (Lipinski definition) is 4. The van der Waals surface area contributed by atoms with E-state index in [0.717, 1.165) is 58.0 Å². The second kappa shape index (κ2) is 11.4. The zero-order chi connectivity index (χ0) is 19.5. The molecule has 0 aliphatic carbocycles. The van der Waals surface area contributed by atoms with Crippen molar-refractivity contribution in [1.29, 1.82) is 0 Å². The number of ether oxygens (including phenoxy) is 2. The lowest BCUT2D eigenvalue weighted by atomic mass is 10.1. The van der Waals surface area contributed by atoms with Crippen LogP contribution in [0.1, 0.15) is 32.3 Å². The van der Waals surface area contributed by atoms with Crippen LogP contribution < -0.4 is 15.8 Å². The summed E-state index contributed by atoms with van der Waals surface area (Å²) in [5.41, 5.74) is 6.25. The summed E-state index contributed by atoms with van der Waals surface area (Å²) in [5, 5.41) is 3.39. The number of guanidine groups is 1. The first-order chi connectivity index (χ1) is 13.1. The first kappa shape index (κ1) is 21.0. The van der Waals surface area contributed by atoms with Gasteiger partial charge in [-0.15, -0.1) is 0 Å². The summed E-state index contributed by atoms with van der Waals surface area (Å²) < 4.78 is 11.0. The highest BCUT2D eigenvalue weighted by molar-refractivity contribution is 5.80. The monoisotopic (exact) mass is 376 g/mol. The molecule has 2 rings (SSSR count). The van der Waals surface area contributed by atoms with Gasteiger partial charge in [0.2, 0.25) is 0 Å². The number of benzene rings is 1. The average molecular weight is 377 g/mol. The Kier molecular flexibility index (Phi) is 8.91. The van der Waals surface area contributed by atoms with Gasteiger partial charge < -0.3 is 25.4 Å². The molecule has 1 aromatic rings. The van der Waals surface area contributed by atoms with Crippen molar-refractivity contribution >= 4 is 11.9 Å². The van der Waals surface area contributed by atoms with Gasteiger partial charge in [-0.2, -0.15) is 0 Å². The van der Waals surface area contributed by atoms with Crippen molar-refractivity contribution in [3.63, 3.8) is 0 Å². The number of nitrogens with one attached hydrogen (secondary N) is 1. The number of primary amides is 1. The smallest absolute Gasteiger partial charge is 0.255 e. The highest BCUT2D eigenvalue weighted by Crippen LogP contribution is 2.15. The lowest BCUT2D eigenvalue weighted by Gasteiger charge is -2.34. The number of likely N-dealkylation sites (tertiary alicyclic amines) is 1. The Morgan fingerprint density at radius 3 is 2.56 bits per heavy atom. The largest absolute Gasteiger partial charge is 0.484 e. The summed E-state index contributed by atoms with van der Waals surface area (Å²) in [7, 11) is 0. The fourth-order valence-electron chi connectivity index (χ4n) is 3.09. The molecule has 1 saturated heterocycles. The maximum Gasteiger partial charge on any atom is 0.255 e. The number of amides is 1. The van der Waals surface area contributed by atoms with Crippen molar-refractivity contribution < 1.29 is 14.3 Å². The third-order valence-electron chi connectivity index (χ3n) is 4.45. The van der Waals surface area contributed by atoms with Crippen molar-refractivity contribution in [2.75, 3.05) is 39.4 Å². The molecule has 1 aliphatic heterocycles. The molecule has 0 spiro atoms. The van der Waals surface area contributed by atoms with Crippen molar-refractivity contribution in [2.45, 2.75) is 39.2 Å². The Bertz CT molecular complexity index is 596. The summed E-state index contributed by atoms with van der Waals surface area (Å²) in [6.07, 6.45) is 3.32. The molecule has 0 atom stereocenters. The molecule has 27 heavy (non-hydrogen) atoms. The van der Waals surface area contributed by atoms with E-state index in [1.807, 2.05) is 31.2 Å². The van der Waals surface area contributed by atoms with Crippen LogP contribution in [-0.2, 0) is 16.0 Å². The molecule has 0 radical (unpaired) electrons. The first-order valence-corrected chi connectivity index (χ1v) is 9.77. The van der Waals surface area contributed by atoms with E-state index < -0.39 is 5.91 Å². The standard InChI is InChI=1S/C20H32N4O3/c1-3-22-20(24-13-10-18(11-14-24)26-4-2)23-12-9-16-5-7-17(8-6-16)27-15-19(21)25/h5-8,18H,3-4,9-15H2,1-2H3,(H2,21,25)(H,22,23). The molecule has 3 N–H and O–H groups in total. The zero-order valence-corrected chi connectivity index (χ0v) is 16.4. The molecule has 0 aromatic heterocycles. The third kappa shape index (κ3) is 7.46. The number of aliphatic imine (C=N–C) groups is 1. The van der Waals surface area contributed by atoms with Crippen LogP contribution in [0.2, 0.25) is 0 Å². The van der Waals surface area contributed by atoms with Gasteiger partial charge in [-0.1, -0.05) is 12.1 Å². The van der Waals surface area contributed by atoms with Gasteiger partial charge >= 0.3 is 0 Å². The minimum absolute atomic E-state index is 0.102. The van der Waals surface area contributed by atoms with E-state index in [4.69, 9.17) is 20.2 Å². The van der Waals surface area contributed by atoms with E-state index in [9.17, 15) is 4.79 Å². The molecular weight excluding hydrogens is 344 g/mol. The van der Waals surface area contributed by atoms with Crippen molar-refractivity contribution in [3.05, 3.63) is 29.8 Å². The van der Waals surface area contributed by atoms with Crippen LogP contribution in [-0.4, -0.2) is 62.3 Å². The first-order valence-electron chi connectivity index (χ1n) is 9.77. The molecule has 1 aliphatic rings. The Balaban J connectivity index is 1.83. The van der Waals surface area contributed by atoms with Crippen molar-refractivity contribution in [1.82, 2.24) is 10.2 Å². The predicted molar refractivity (Wildman–Crippen MR) is 107 cm³/mol. The van der Waals surface area contributed by atoms with Gasteiger partial charge in [0, 0.05) is 32.8 Å². The van der Waals surface area contributed by atoms with Crippen LogP contribution in [0.4, 0.5) is 0 Å². The lowest BCUT2D eigenvalue weighted by Crippen LogP contribution is -2.47. The predicted octanol–water partition coefficient (Wildman–Crippen LogP) is 1.56. The van der Waals surface area contributed by atoms with Gasteiger partial charge in [0.05, 0.1) is 6.10 Å². The number of rotatable bonds is 9. The quantitative estimate of drug-likeness (QED) is 0.504. The van der Waals surface area contributed by atoms with Gasteiger partial charge in [0.15, 0.2) is 12.6 Å². The number of nitrogens with zero attached hydrogens (tertiary/aromatic N) is 2. The summed E-state index contributed by atoms with van der Waals surface area (Å²) in [6, 6.07) is 7.69. The maximum atomic E-state index is 10.7. The van der Waals surface area contributed by atoms with Crippen LogP contribution in [0.15, 0.2) is 29.3 Å². The Hall–Kier alpha value is -2.28. The van der Waals surface area contributed by atoms with Crippen molar-refractivity contribution in [3.8, 4) is 5.75 Å². The highest BCUT2D eigenvalue weighted by Gasteiger charge is 2.21. The summed E-state index contributed by atoms with van der Waals surface area (Å²) >= 11 is 0. The molecule has 1 heterocycles. The number of carbonyl (C=O) groups excluding carboxylic acids is 1. The van der Waals surface area contributed by atoms with E-state index in [-0.39, 0.29) is 6.61 Å². The molecular formula is C20H32N4O3. The van der Waals surface area contributed by atoms with E-state index in [1.165, 1.54) is 5.56 Å². The van der Waals surface area contributed by atoms with E-state index in [0.29, 0.717) is 11.9 Å².